The molecule has 0 spiro atoms. The van der Waals surface area contributed by atoms with Crippen LogP contribution in [0.1, 0.15) is 10.4 Å². The number of carbonyl (C=O) groups is 1. The van der Waals surface area contributed by atoms with Gasteiger partial charge in [0.25, 0.3) is 0 Å². The number of hydrogen-bond acceptors (Lipinski definition) is 5. The lowest BCUT2D eigenvalue weighted by molar-refractivity contribution is 0.0695. The molecule has 1 saturated heterocycles. The first-order valence-corrected chi connectivity index (χ1v) is 8.91. The molecule has 1 N–H and O–H groups in total. The van der Waals surface area contributed by atoms with E-state index in [-0.39, 0.29) is 10.9 Å². The van der Waals surface area contributed by atoms with E-state index in [1.165, 1.54) is 10.8 Å². The van der Waals surface area contributed by atoms with Gasteiger partial charge in [0.2, 0.25) is 5.43 Å². The number of carboxylic acid groups (broad SMARTS) is 1. The van der Waals surface area contributed by atoms with Crippen LogP contribution in [0.15, 0.2) is 41.5 Å². The second-order valence-electron chi connectivity index (χ2n) is 7.23. The van der Waals surface area contributed by atoms with E-state index in [0.29, 0.717) is 11.7 Å². The highest BCUT2D eigenvalue weighted by Gasteiger charge is 2.29. The molecule has 0 radical (unpaired) electrons. The molecule has 0 aliphatic carbocycles. The molecule has 1 aromatic carbocycles. The molecular formula is C20H18F2N4O3. The maximum Gasteiger partial charge on any atom is 0.341 e. The van der Waals surface area contributed by atoms with Crippen molar-refractivity contribution in [2.45, 2.75) is 6.04 Å². The minimum atomic E-state index is -1.45. The van der Waals surface area contributed by atoms with Crippen molar-refractivity contribution < 1.29 is 18.7 Å². The van der Waals surface area contributed by atoms with Crippen LogP contribution in [-0.4, -0.2) is 58.8 Å². The Morgan fingerprint density at radius 2 is 1.90 bits per heavy atom. The van der Waals surface area contributed by atoms with Gasteiger partial charge in [0.05, 0.1) is 22.8 Å². The quantitative estimate of drug-likeness (QED) is 0.723. The molecule has 0 unspecified atom stereocenters. The second kappa shape index (κ2) is 6.93. The van der Waals surface area contributed by atoms with Crippen LogP contribution in [0.4, 0.5) is 14.6 Å². The van der Waals surface area contributed by atoms with Crippen molar-refractivity contribution in [3.63, 3.8) is 0 Å². The Balaban J connectivity index is 1.79. The molecule has 2 aromatic heterocycles. The summed E-state index contributed by atoms with van der Waals surface area (Å²) in [5.41, 5.74) is -0.922. The number of pyridine rings is 2. The van der Waals surface area contributed by atoms with E-state index >= 15 is 0 Å². The van der Waals surface area contributed by atoms with Crippen molar-refractivity contribution >= 4 is 22.7 Å². The Hall–Kier alpha value is -3.33. The molecular weight excluding hydrogens is 382 g/mol. The lowest BCUT2D eigenvalue weighted by Crippen LogP contribution is -2.57. The van der Waals surface area contributed by atoms with E-state index in [9.17, 15) is 23.5 Å². The molecule has 4 rings (SSSR count). The van der Waals surface area contributed by atoms with Crippen LogP contribution >= 0.6 is 0 Å². The molecule has 0 saturated carbocycles. The largest absolute Gasteiger partial charge is 0.477 e. The third kappa shape index (κ3) is 3.23. The van der Waals surface area contributed by atoms with E-state index < -0.39 is 28.6 Å². The summed E-state index contributed by atoms with van der Waals surface area (Å²) in [4.78, 5) is 32.5. The van der Waals surface area contributed by atoms with Crippen molar-refractivity contribution in [3.05, 3.63) is 64.1 Å². The number of fused-ring (bicyclic) bond motifs is 1. The van der Waals surface area contributed by atoms with Gasteiger partial charge in [0, 0.05) is 31.4 Å². The molecule has 150 valence electrons. The number of aromatic nitrogens is 2. The molecule has 0 atom stereocenters. The molecule has 7 nitrogen and oxygen atoms in total. The standard InChI is InChI=1S/C20H18F2N4O3/c1-24(2)12-8-25(9-12)18-4-3-11(7-23-18)26-10-14(20(28)29)19(27)13-5-15(21)16(22)6-17(13)26/h3-7,10,12H,8-9H2,1-2H3,(H,28,29). The number of benzene rings is 1. The van der Waals surface area contributed by atoms with Crippen molar-refractivity contribution in [2.75, 3.05) is 32.1 Å². The lowest BCUT2D eigenvalue weighted by Gasteiger charge is -2.43. The predicted molar refractivity (Wildman–Crippen MR) is 104 cm³/mol. The van der Waals surface area contributed by atoms with Gasteiger partial charge in [-0.1, -0.05) is 0 Å². The Kier molecular flexibility index (Phi) is 4.54. The maximum atomic E-state index is 13.8. The number of rotatable bonds is 4. The van der Waals surface area contributed by atoms with E-state index in [4.69, 9.17) is 0 Å². The fourth-order valence-corrected chi connectivity index (χ4v) is 3.36. The fourth-order valence-electron chi connectivity index (χ4n) is 3.36. The zero-order valence-electron chi connectivity index (χ0n) is 15.8. The summed E-state index contributed by atoms with van der Waals surface area (Å²) in [5, 5.41) is 9.12. The van der Waals surface area contributed by atoms with Crippen molar-refractivity contribution in [1.82, 2.24) is 14.5 Å². The molecule has 1 aliphatic rings. The first kappa shape index (κ1) is 19.0. The minimum Gasteiger partial charge on any atom is -0.477 e. The SMILES string of the molecule is CN(C)C1CN(c2ccc(-n3cc(C(=O)O)c(=O)c4cc(F)c(F)cc43)cn2)C1. The smallest absolute Gasteiger partial charge is 0.341 e. The van der Waals surface area contributed by atoms with Gasteiger partial charge in [0.15, 0.2) is 11.6 Å². The number of halogens is 2. The van der Waals surface area contributed by atoms with Crippen LogP contribution in [0.25, 0.3) is 16.6 Å². The van der Waals surface area contributed by atoms with Crippen LogP contribution in [-0.2, 0) is 0 Å². The highest BCUT2D eigenvalue weighted by Crippen LogP contribution is 2.24. The van der Waals surface area contributed by atoms with Crippen LogP contribution in [0.3, 0.4) is 0 Å². The van der Waals surface area contributed by atoms with Gasteiger partial charge < -0.3 is 19.5 Å². The highest BCUT2D eigenvalue weighted by molar-refractivity contribution is 5.93. The summed E-state index contributed by atoms with van der Waals surface area (Å²) in [5.74, 6) is -3.04. The van der Waals surface area contributed by atoms with Crippen molar-refractivity contribution in [1.29, 1.82) is 0 Å². The van der Waals surface area contributed by atoms with Gasteiger partial charge in [-0.05, 0) is 32.3 Å². The lowest BCUT2D eigenvalue weighted by atomic mass is 10.1. The molecule has 29 heavy (non-hydrogen) atoms. The van der Waals surface area contributed by atoms with Gasteiger partial charge in [-0.15, -0.1) is 0 Å². The van der Waals surface area contributed by atoms with E-state index in [1.54, 1.807) is 12.1 Å². The Bertz CT molecular complexity index is 1170. The maximum absolute atomic E-state index is 13.8. The monoisotopic (exact) mass is 400 g/mol. The zero-order valence-corrected chi connectivity index (χ0v) is 15.8. The van der Waals surface area contributed by atoms with Crippen molar-refractivity contribution in [2.24, 2.45) is 0 Å². The molecule has 0 bridgehead atoms. The number of nitrogens with zero attached hydrogens (tertiary/aromatic N) is 4. The van der Waals surface area contributed by atoms with Gasteiger partial charge in [-0.2, -0.15) is 0 Å². The molecule has 3 heterocycles. The molecule has 9 heteroatoms. The topological polar surface area (TPSA) is 78.7 Å². The summed E-state index contributed by atoms with van der Waals surface area (Å²) in [7, 11) is 4.03. The molecule has 1 aliphatic heterocycles. The highest BCUT2D eigenvalue weighted by atomic mass is 19.2. The van der Waals surface area contributed by atoms with E-state index in [1.807, 2.05) is 14.1 Å². The van der Waals surface area contributed by atoms with E-state index in [0.717, 1.165) is 37.2 Å². The van der Waals surface area contributed by atoms with Crippen LogP contribution in [0, 0.1) is 11.6 Å². The first-order chi connectivity index (χ1) is 13.8. The summed E-state index contributed by atoms with van der Waals surface area (Å²) >= 11 is 0. The summed E-state index contributed by atoms with van der Waals surface area (Å²) in [6.07, 6.45) is 2.61. The fraction of sp³-hybridized carbons (Fsp3) is 0.250. The number of carboxylic acids is 1. The third-order valence-corrected chi connectivity index (χ3v) is 5.20. The summed E-state index contributed by atoms with van der Waals surface area (Å²) in [6, 6.07) is 5.52. The number of likely N-dealkylation sites (N-methyl/N-ethyl adjacent to an activating group) is 1. The molecule has 0 amide bonds. The summed E-state index contributed by atoms with van der Waals surface area (Å²) < 4.78 is 28.8. The van der Waals surface area contributed by atoms with Crippen molar-refractivity contribution in [3.8, 4) is 5.69 Å². The number of aromatic carboxylic acids is 1. The van der Waals surface area contributed by atoms with E-state index in [2.05, 4.69) is 14.8 Å². The van der Waals surface area contributed by atoms with Gasteiger partial charge in [-0.25, -0.2) is 18.6 Å². The Morgan fingerprint density at radius 3 is 2.48 bits per heavy atom. The van der Waals surface area contributed by atoms with Crippen LogP contribution in [0.2, 0.25) is 0 Å². The van der Waals surface area contributed by atoms with Crippen LogP contribution < -0.4 is 10.3 Å². The Labute approximate surface area is 164 Å². The number of anilines is 1. The zero-order chi connectivity index (χ0) is 20.9. The average Bonchev–Trinajstić information content (AvgIpc) is 2.63. The summed E-state index contributed by atoms with van der Waals surface area (Å²) in [6.45, 7) is 1.68. The average molecular weight is 400 g/mol. The van der Waals surface area contributed by atoms with Crippen LogP contribution in [0.5, 0.6) is 0 Å². The minimum absolute atomic E-state index is 0.0603. The third-order valence-electron chi connectivity index (χ3n) is 5.20. The van der Waals surface area contributed by atoms with Gasteiger partial charge in [0.1, 0.15) is 11.4 Å². The van der Waals surface area contributed by atoms with Gasteiger partial charge in [-0.3, -0.25) is 4.79 Å². The Morgan fingerprint density at radius 1 is 1.21 bits per heavy atom. The predicted octanol–water partition coefficient (Wildman–Crippen LogP) is 2.11. The number of hydrogen-bond donors (Lipinski definition) is 1. The first-order valence-electron chi connectivity index (χ1n) is 8.91. The second-order valence-corrected chi connectivity index (χ2v) is 7.23. The normalized spacial score (nSPS) is 14.4. The molecule has 1 fully saturated rings. The van der Waals surface area contributed by atoms with Gasteiger partial charge >= 0.3 is 5.97 Å². The molecule has 3 aromatic rings.